The van der Waals surface area contributed by atoms with Crippen molar-refractivity contribution < 1.29 is 101 Å². The van der Waals surface area contributed by atoms with Gasteiger partial charge in [-0.05, 0) is 106 Å². The summed E-state index contributed by atoms with van der Waals surface area (Å²) in [6.45, 7) is 45.9. The van der Waals surface area contributed by atoms with E-state index in [0.717, 1.165) is 152 Å². The smallest absolute Gasteiger partial charge is 0.212 e. The molecule has 26 heteroatoms. The minimum absolute atomic E-state index is 0. The Hall–Kier alpha value is -15.0. The first-order valence-electron chi connectivity index (χ1n) is 42.3. The van der Waals surface area contributed by atoms with Gasteiger partial charge < -0.3 is 41.1 Å². The van der Waals surface area contributed by atoms with Crippen LogP contribution in [-0.4, -0.2) is 71.0 Å². The number of aryl methyl sites for hydroxylation is 4. The van der Waals surface area contributed by atoms with Crippen molar-refractivity contribution in [2.75, 3.05) is 0 Å². The van der Waals surface area contributed by atoms with Crippen LogP contribution in [0, 0.1) is 80.6 Å². The summed E-state index contributed by atoms with van der Waals surface area (Å²) >= 11 is 0. The Balaban J connectivity index is 0.000000130. The summed E-state index contributed by atoms with van der Waals surface area (Å²) in [6.07, 6.45) is 19.6. The average Bonchev–Trinajstić information content (AvgIpc) is 1.57. The van der Waals surface area contributed by atoms with Crippen molar-refractivity contribution in [2.24, 2.45) is 14.1 Å². The van der Waals surface area contributed by atoms with E-state index in [9.17, 15) is 5.26 Å². The van der Waals surface area contributed by atoms with Gasteiger partial charge in [0.15, 0.2) is 17.1 Å². The zero-order valence-electron chi connectivity index (χ0n) is 73.6. The molecule has 23 aromatic rings. The zero-order valence-corrected chi connectivity index (χ0v) is 85.5. The molecule has 24 rings (SSSR count). The quantitative estimate of drug-likeness (QED) is 0.136. The molecule has 1 aliphatic heterocycles. The van der Waals surface area contributed by atoms with Gasteiger partial charge in [0.05, 0.1) is 67.2 Å². The molecule has 0 N–H and O–H groups in total. The number of aromatic nitrogens is 15. The molecule has 1 aliphatic rings. The van der Waals surface area contributed by atoms with Gasteiger partial charge in [-0.15, -0.1) is 58.1 Å². The van der Waals surface area contributed by atoms with Crippen molar-refractivity contribution >= 4 is 138 Å². The van der Waals surface area contributed by atoms with Crippen LogP contribution in [0.25, 0.3) is 180 Å². The number of nitriles is 1. The minimum Gasteiger partial charge on any atom is -0.340 e. The van der Waals surface area contributed by atoms with E-state index in [1.54, 1.807) is 67.1 Å². The summed E-state index contributed by atoms with van der Waals surface area (Å²) in [6, 6.07) is 102. The van der Waals surface area contributed by atoms with E-state index >= 15 is 0 Å². The Morgan fingerprint density at radius 2 is 0.787 bits per heavy atom. The molecule has 12 aromatic carbocycles. The molecule has 21 nitrogen and oxygen atoms in total. The van der Waals surface area contributed by atoms with Crippen LogP contribution < -0.4 is 0 Å². The Morgan fingerprint density at radius 3 is 1.32 bits per heavy atom. The molecule has 0 bridgehead atoms. The Morgan fingerprint density at radius 1 is 0.353 bits per heavy atom. The van der Waals surface area contributed by atoms with Gasteiger partial charge in [-0.2, -0.15) is 114 Å². The van der Waals surface area contributed by atoms with Gasteiger partial charge in [-0.3, -0.25) is 14.7 Å². The first-order valence-corrected chi connectivity index (χ1v) is 42.3. The zero-order chi connectivity index (χ0) is 89.9. The predicted molar refractivity (Wildman–Crippen MR) is 519 cm³/mol. The van der Waals surface area contributed by atoms with Crippen molar-refractivity contribution in [3.05, 3.63) is 426 Å². The van der Waals surface area contributed by atoms with Crippen molar-refractivity contribution in [2.45, 2.75) is 52.5 Å². The summed E-state index contributed by atoms with van der Waals surface area (Å²) in [5, 5.41) is 20.2. The molecular formula is C110H75Ir5N21-6. The van der Waals surface area contributed by atoms with Gasteiger partial charge in [0.2, 0.25) is 17.8 Å². The van der Waals surface area contributed by atoms with E-state index in [2.05, 4.69) is 231 Å². The largest absolute Gasteiger partial charge is 0.340 e. The molecule has 0 unspecified atom stereocenters. The van der Waals surface area contributed by atoms with E-state index < -0.39 is 0 Å². The second-order valence-corrected chi connectivity index (χ2v) is 31.7. The Bertz CT molecular complexity index is 8550. The summed E-state index contributed by atoms with van der Waals surface area (Å²) in [4.78, 5) is 44.7. The van der Waals surface area contributed by atoms with Gasteiger partial charge in [0.1, 0.15) is 11.3 Å². The number of hydrogen-bond donors (Lipinski definition) is 0. The van der Waals surface area contributed by atoms with Crippen LogP contribution in [0.5, 0.6) is 0 Å². The molecular weight excluding hydrogens is 2580 g/mol. The normalized spacial score (nSPS) is 10.9. The third-order valence-electron chi connectivity index (χ3n) is 23.3. The first kappa shape index (κ1) is 97.0. The summed E-state index contributed by atoms with van der Waals surface area (Å²) in [5.41, 5.74) is 21.3. The molecule has 0 saturated carbocycles. The maximum atomic E-state index is 9.19. The number of para-hydroxylation sites is 6. The predicted octanol–water partition coefficient (Wildman–Crippen LogP) is 26.1. The van der Waals surface area contributed by atoms with Gasteiger partial charge in [0, 0.05) is 222 Å². The van der Waals surface area contributed by atoms with E-state index in [-0.39, 0.29) is 101 Å². The minimum atomic E-state index is 0. The second-order valence-electron chi connectivity index (χ2n) is 31.7. The average molecular weight is 2650 g/mol. The fourth-order valence-electron chi connectivity index (χ4n) is 17.4. The van der Waals surface area contributed by atoms with Crippen LogP contribution in [0.3, 0.4) is 0 Å². The number of imidazole rings is 4. The SMILES string of the molecule is CC(C)c1cccc(C(C)C)c1-n1ccnc1-c1[c-]ccc(C#N)c1.Cn1ccnc1-n1c2[c-]cccc2c2ccccc21.[C-]#[N+]c1cc2c3c(c1)c1ccc[c-]c1n3-c1nccn1CC2.[C-]#[N+]c1cc[c-]c(-n2c3ccc([N+]#[C-])cc3c3cccnc32)c1.[C-]#[N+]c1cc[c-]c(-n2c3ccccc3c3cccnc32)c1.[C-]#[N+]c1ccc2c(c1)c1ccc[c-]c1n2-c1nccn1C.[Ir].[Ir].[Ir].[Ir].[Ir]. The van der Waals surface area contributed by atoms with Crippen molar-refractivity contribution in [3.8, 4) is 52.4 Å². The maximum absolute atomic E-state index is 9.19. The summed E-state index contributed by atoms with van der Waals surface area (Å²) in [5.74, 6) is 4.29. The fraction of sp³-hybridized carbons (Fsp3) is 0.0909. The Kier molecular flexibility index (Phi) is 30.3. The van der Waals surface area contributed by atoms with E-state index in [0.29, 0.717) is 45.8 Å². The van der Waals surface area contributed by atoms with Gasteiger partial charge in [-0.1, -0.05) is 151 Å². The van der Waals surface area contributed by atoms with Crippen LogP contribution in [0.1, 0.15) is 61.8 Å². The molecule has 5 radical (unpaired) electrons. The molecule has 671 valence electrons. The molecule has 0 amide bonds. The fourth-order valence-corrected chi connectivity index (χ4v) is 17.4. The van der Waals surface area contributed by atoms with E-state index in [1.807, 2.05) is 193 Å². The molecule has 0 spiro atoms. The van der Waals surface area contributed by atoms with Crippen LogP contribution in [0.2, 0.25) is 0 Å². The number of nitrogens with zero attached hydrogens (tertiary/aromatic N) is 21. The molecule has 12 heterocycles. The standard InChI is InChI=1S/C22H22N3.C19H9N4.C18H11N4.C18H10N3.C17H11N4.C16H12N3.5Ir/c1-15(2)19-9-6-10-20(16(3)4)21(19)25-12-11-24-22(25)18-8-5-7-17(13-18)14-23;1-20-13-5-3-6-15(11-13)23-18-9-8-14(21-2)12-17(18)16-7-4-10-22-19(16)23;1-19-13-10-12-6-8-21-9-7-20-18(21)22-16-5-3-2-4-14(16)15(11-13)17(12)22;1-19-13-6-4-7-14(12-13)21-17-10-3-2-8-15(17)16-9-5-11-20-18(16)21;1-18-12-7-8-16-14(11-12)13-5-3-4-6-15(13)21(16)17-19-9-10-20(17)2;1-18-11-10-17-16(18)19-14-8-4-2-6-12(14)13-7-3-5-9-15(13)19;;;;;/h5-7,9-13,15-16H,1-4H3;3-5,7-12H;2-4,7,9-11H,6,8H2;2-6,8-12H;3-5,7-11H,2H3;2-8,10-11H,1H3;;;;;/q6*-1;;;;;. The Labute approximate surface area is 852 Å². The van der Waals surface area contributed by atoms with Crippen LogP contribution in [0.15, 0.2) is 311 Å². The van der Waals surface area contributed by atoms with Crippen molar-refractivity contribution in [1.29, 1.82) is 5.26 Å². The molecule has 136 heavy (non-hydrogen) atoms. The third kappa shape index (κ3) is 18.3. The summed E-state index contributed by atoms with van der Waals surface area (Å²) < 4.78 is 18.8. The summed E-state index contributed by atoms with van der Waals surface area (Å²) in [7, 11) is 3.97. The van der Waals surface area contributed by atoms with Crippen molar-refractivity contribution in [1.82, 2.24) is 71.0 Å². The second kappa shape index (κ2) is 42.5. The number of hydrogen-bond acceptors (Lipinski definition) is 7. The first-order chi connectivity index (χ1) is 64.2. The monoisotopic (exact) mass is 2650 g/mol. The van der Waals surface area contributed by atoms with E-state index in [4.69, 9.17) is 32.9 Å². The van der Waals surface area contributed by atoms with E-state index in [1.165, 1.54) is 33.2 Å². The van der Waals surface area contributed by atoms with Crippen LogP contribution in [0.4, 0.5) is 28.4 Å². The number of pyridine rings is 2. The van der Waals surface area contributed by atoms with Gasteiger partial charge in [0.25, 0.3) is 0 Å². The molecule has 0 saturated heterocycles. The van der Waals surface area contributed by atoms with Crippen LogP contribution in [-0.2, 0) is 128 Å². The van der Waals surface area contributed by atoms with Gasteiger partial charge >= 0.3 is 0 Å². The topological polar surface area (TPSA) is 167 Å². The van der Waals surface area contributed by atoms with Crippen molar-refractivity contribution in [3.63, 3.8) is 0 Å². The molecule has 0 atom stereocenters. The molecule has 11 aromatic heterocycles. The van der Waals surface area contributed by atoms with Gasteiger partial charge in [-0.25, -0.2) is 39.5 Å². The third-order valence-corrected chi connectivity index (χ3v) is 23.3. The molecule has 0 fully saturated rings. The maximum Gasteiger partial charge on any atom is 0.212 e. The number of benzene rings is 12. The van der Waals surface area contributed by atoms with Crippen LogP contribution >= 0.6 is 0 Å². The number of fused-ring (bicyclic) bond motifs is 17. The number of rotatable bonds is 8. The molecule has 0 aliphatic carbocycles.